The molecule has 0 radical (unpaired) electrons. The first-order chi connectivity index (χ1) is 6.18. The zero-order valence-electron chi connectivity index (χ0n) is 8.04. The molecular formula is C11H14N2. The number of nitrogens with one attached hydrogen (secondary N) is 1. The molecule has 0 saturated heterocycles. The molecule has 0 saturated carbocycles. The standard InChI is InChI=1S/C11H14N2/c1-9-4-5-12-7-10(2)6-11(3)13-8-9/h4-8,13H,3H2,1-2H3/b5-4-,9-8+,10-6+,12-7+. The maximum absolute atomic E-state index is 4.11. The van der Waals surface area contributed by atoms with E-state index >= 15 is 0 Å². The molecule has 0 atom stereocenters. The Hall–Kier alpha value is -1.57. The van der Waals surface area contributed by atoms with E-state index in [2.05, 4.69) is 16.9 Å². The summed E-state index contributed by atoms with van der Waals surface area (Å²) < 4.78 is 0. The Morgan fingerprint density at radius 2 is 2.08 bits per heavy atom. The van der Waals surface area contributed by atoms with Crippen LogP contribution in [0.15, 0.2) is 53.0 Å². The van der Waals surface area contributed by atoms with E-state index in [1.54, 1.807) is 6.20 Å². The lowest BCUT2D eigenvalue weighted by molar-refractivity contribution is 1.10. The lowest BCUT2D eigenvalue weighted by atomic mass is 10.2. The fourth-order valence-corrected chi connectivity index (χ4v) is 0.930. The maximum atomic E-state index is 4.11. The van der Waals surface area contributed by atoms with E-state index in [9.17, 15) is 0 Å². The summed E-state index contributed by atoms with van der Waals surface area (Å²) in [6, 6.07) is 0. The molecule has 1 aliphatic rings. The second-order valence-corrected chi connectivity index (χ2v) is 3.04. The van der Waals surface area contributed by atoms with E-state index in [4.69, 9.17) is 0 Å². The highest BCUT2D eigenvalue weighted by molar-refractivity contribution is 5.79. The number of aliphatic imine (C=N–C) groups is 1. The van der Waals surface area contributed by atoms with Crippen LogP contribution < -0.4 is 5.32 Å². The minimum atomic E-state index is 0.874. The van der Waals surface area contributed by atoms with Crippen molar-refractivity contribution in [1.29, 1.82) is 0 Å². The van der Waals surface area contributed by atoms with Crippen molar-refractivity contribution in [2.24, 2.45) is 4.99 Å². The molecule has 0 aromatic rings. The molecule has 68 valence electrons. The van der Waals surface area contributed by atoms with Gasteiger partial charge in [-0.1, -0.05) is 6.58 Å². The average Bonchev–Trinajstić information content (AvgIpc) is 2.08. The summed E-state index contributed by atoms with van der Waals surface area (Å²) in [4.78, 5) is 4.11. The van der Waals surface area contributed by atoms with Crippen LogP contribution in [0, 0.1) is 0 Å². The first-order valence-corrected chi connectivity index (χ1v) is 4.19. The smallest absolute Gasteiger partial charge is 0.0309 e. The van der Waals surface area contributed by atoms with E-state index in [0.29, 0.717) is 0 Å². The van der Waals surface area contributed by atoms with Crippen molar-refractivity contribution in [2.45, 2.75) is 13.8 Å². The number of allylic oxidation sites excluding steroid dienone is 4. The van der Waals surface area contributed by atoms with Crippen LogP contribution in [0.5, 0.6) is 0 Å². The third-order valence-corrected chi connectivity index (χ3v) is 1.59. The normalized spacial score (nSPS) is 30.5. The van der Waals surface area contributed by atoms with Crippen molar-refractivity contribution >= 4 is 6.21 Å². The van der Waals surface area contributed by atoms with Gasteiger partial charge in [-0.25, -0.2) is 0 Å². The van der Waals surface area contributed by atoms with Gasteiger partial charge in [-0.05, 0) is 37.1 Å². The number of hydrogen-bond acceptors (Lipinski definition) is 2. The van der Waals surface area contributed by atoms with Crippen molar-refractivity contribution in [3.8, 4) is 0 Å². The van der Waals surface area contributed by atoms with Gasteiger partial charge in [-0.2, -0.15) is 0 Å². The van der Waals surface area contributed by atoms with Gasteiger partial charge < -0.3 is 5.32 Å². The second-order valence-electron chi connectivity index (χ2n) is 3.04. The topological polar surface area (TPSA) is 24.4 Å². The molecule has 0 aromatic heterocycles. The number of nitrogens with zero attached hydrogens (tertiary/aromatic N) is 1. The van der Waals surface area contributed by atoms with Gasteiger partial charge in [0.25, 0.3) is 0 Å². The van der Waals surface area contributed by atoms with Crippen molar-refractivity contribution in [3.05, 3.63) is 48.0 Å². The van der Waals surface area contributed by atoms with E-state index < -0.39 is 0 Å². The van der Waals surface area contributed by atoms with E-state index in [0.717, 1.165) is 16.8 Å². The third kappa shape index (κ3) is 3.56. The van der Waals surface area contributed by atoms with Gasteiger partial charge in [0.05, 0.1) is 0 Å². The fraction of sp³-hybridized carbons (Fsp3) is 0.182. The lowest BCUT2D eigenvalue weighted by Gasteiger charge is -2.02. The molecule has 0 spiro atoms. The van der Waals surface area contributed by atoms with Gasteiger partial charge in [0.1, 0.15) is 0 Å². The number of hydrogen-bond donors (Lipinski definition) is 1. The molecule has 0 amide bonds. The van der Waals surface area contributed by atoms with Crippen LogP contribution in [0.2, 0.25) is 0 Å². The van der Waals surface area contributed by atoms with Gasteiger partial charge in [-0.15, -0.1) is 0 Å². The SMILES string of the molecule is C=C1/C=C(C)/C=N/C=C\C(C)=C\N1. The monoisotopic (exact) mass is 174 g/mol. The van der Waals surface area contributed by atoms with Crippen molar-refractivity contribution in [2.75, 3.05) is 0 Å². The third-order valence-electron chi connectivity index (χ3n) is 1.59. The molecule has 0 aromatic carbocycles. The molecule has 0 aliphatic carbocycles. The summed E-state index contributed by atoms with van der Waals surface area (Å²) in [7, 11) is 0. The predicted octanol–water partition coefficient (Wildman–Crippen LogP) is 2.54. The predicted molar refractivity (Wildman–Crippen MR) is 57.4 cm³/mol. The van der Waals surface area contributed by atoms with Gasteiger partial charge in [0.15, 0.2) is 0 Å². The first-order valence-electron chi connectivity index (χ1n) is 4.19. The Morgan fingerprint density at radius 3 is 2.85 bits per heavy atom. The Labute approximate surface area is 79.1 Å². The summed E-state index contributed by atoms with van der Waals surface area (Å²) in [5, 5.41) is 3.09. The summed E-state index contributed by atoms with van der Waals surface area (Å²) in [5.74, 6) is 0. The summed E-state index contributed by atoms with van der Waals surface area (Å²) in [5.41, 5.74) is 3.07. The lowest BCUT2D eigenvalue weighted by Crippen LogP contribution is -2.02. The molecule has 2 nitrogen and oxygen atoms in total. The summed E-state index contributed by atoms with van der Waals surface area (Å²) in [6.07, 6.45) is 9.38. The summed E-state index contributed by atoms with van der Waals surface area (Å²) in [6.45, 7) is 7.85. The van der Waals surface area contributed by atoms with Crippen LogP contribution in [0.25, 0.3) is 0 Å². The quantitative estimate of drug-likeness (QED) is 0.599. The first kappa shape index (κ1) is 9.52. The highest BCUT2D eigenvalue weighted by Crippen LogP contribution is 2.00. The summed E-state index contributed by atoms with van der Waals surface area (Å²) >= 11 is 0. The van der Waals surface area contributed by atoms with Gasteiger partial charge in [-0.3, -0.25) is 4.99 Å². The van der Waals surface area contributed by atoms with Crippen molar-refractivity contribution < 1.29 is 0 Å². The van der Waals surface area contributed by atoms with Crippen LogP contribution in [-0.4, -0.2) is 6.21 Å². The highest BCUT2D eigenvalue weighted by Gasteiger charge is 1.89. The zero-order valence-corrected chi connectivity index (χ0v) is 8.04. The molecule has 1 aliphatic heterocycles. The number of rotatable bonds is 0. The second kappa shape index (κ2) is 4.45. The van der Waals surface area contributed by atoms with Gasteiger partial charge in [0, 0.05) is 24.3 Å². The largest absolute Gasteiger partial charge is 0.362 e. The van der Waals surface area contributed by atoms with Crippen LogP contribution >= 0.6 is 0 Å². The van der Waals surface area contributed by atoms with Crippen LogP contribution in [-0.2, 0) is 0 Å². The minimum Gasteiger partial charge on any atom is -0.362 e. The molecule has 1 N–H and O–H groups in total. The molecular weight excluding hydrogens is 160 g/mol. The van der Waals surface area contributed by atoms with Crippen molar-refractivity contribution in [3.63, 3.8) is 0 Å². The molecule has 0 fully saturated rings. The maximum Gasteiger partial charge on any atom is 0.0309 e. The van der Waals surface area contributed by atoms with Crippen LogP contribution in [0.1, 0.15) is 13.8 Å². The van der Waals surface area contributed by atoms with Crippen LogP contribution in [0.4, 0.5) is 0 Å². The van der Waals surface area contributed by atoms with E-state index in [-0.39, 0.29) is 0 Å². The van der Waals surface area contributed by atoms with Crippen molar-refractivity contribution in [1.82, 2.24) is 5.32 Å². The zero-order chi connectivity index (χ0) is 9.68. The molecule has 13 heavy (non-hydrogen) atoms. The molecule has 0 bridgehead atoms. The van der Waals surface area contributed by atoms with Gasteiger partial charge >= 0.3 is 0 Å². The van der Waals surface area contributed by atoms with Crippen LogP contribution in [0.3, 0.4) is 0 Å². The van der Waals surface area contributed by atoms with Gasteiger partial charge in [0.2, 0.25) is 0 Å². The average molecular weight is 174 g/mol. The Kier molecular flexibility index (Phi) is 3.26. The van der Waals surface area contributed by atoms with E-state index in [1.165, 1.54) is 0 Å². The Bertz CT molecular complexity index is 317. The minimum absolute atomic E-state index is 0.874. The Balaban J connectivity index is 2.89. The fourth-order valence-electron chi connectivity index (χ4n) is 0.930. The molecule has 2 heteroatoms. The molecule has 0 unspecified atom stereocenters. The Morgan fingerprint density at radius 1 is 1.31 bits per heavy atom. The molecule has 1 rings (SSSR count). The molecule has 1 heterocycles. The van der Waals surface area contributed by atoms with E-state index in [1.807, 2.05) is 38.4 Å². The highest BCUT2D eigenvalue weighted by atomic mass is 14.8.